The van der Waals surface area contributed by atoms with Crippen molar-refractivity contribution in [3.63, 3.8) is 0 Å². The van der Waals surface area contributed by atoms with E-state index in [1.807, 2.05) is 18.2 Å². The van der Waals surface area contributed by atoms with Gasteiger partial charge in [-0.1, -0.05) is 6.07 Å². The summed E-state index contributed by atoms with van der Waals surface area (Å²) < 4.78 is 0. The van der Waals surface area contributed by atoms with E-state index in [4.69, 9.17) is 5.73 Å². The monoisotopic (exact) mass is 247 g/mol. The van der Waals surface area contributed by atoms with Crippen molar-refractivity contribution in [2.45, 2.75) is 25.3 Å². The molecule has 0 saturated carbocycles. The van der Waals surface area contributed by atoms with E-state index in [2.05, 4.69) is 20.6 Å². The number of carbonyl (C=O) groups excluding carboxylic acids is 1. The number of nitrogens with zero attached hydrogens (tertiary/aromatic N) is 2. The summed E-state index contributed by atoms with van der Waals surface area (Å²) in [7, 11) is 0. The summed E-state index contributed by atoms with van der Waals surface area (Å²) in [4.78, 5) is 19.5. The molecular weight excluding hydrogens is 230 g/mol. The van der Waals surface area contributed by atoms with E-state index in [-0.39, 0.29) is 11.9 Å². The van der Waals surface area contributed by atoms with Crippen molar-refractivity contribution in [1.29, 1.82) is 0 Å². The Labute approximate surface area is 106 Å². The molecule has 0 bridgehead atoms. The van der Waals surface area contributed by atoms with Gasteiger partial charge in [-0.05, 0) is 25.0 Å². The number of amides is 1. The first kappa shape index (κ1) is 12.3. The van der Waals surface area contributed by atoms with Crippen LogP contribution in [0.5, 0.6) is 0 Å². The molecule has 1 aliphatic rings. The predicted octanol–water partition coefficient (Wildman–Crippen LogP) is 0.477. The second-order valence-corrected chi connectivity index (χ2v) is 4.22. The first-order chi connectivity index (χ1) is 8.74. The van der Waals surface area contributed by atoms with E-state index >= 15 is 0 Å². The van der Waals surface area contributed by atoms with Gasteiger partial charge in [0.05, 0.1) is 6.54 Å². The molecule has 1 saturated heterocycles. The normalized spacial score (nSPS) is 20.3. The highest BCUT2D eigenvalue weighted by molar-refractivity contribution is 5.91. The van der Waals surface area contributed by atoms with Gasteiger partial charge in [-0.15, -0.1) is 0 Å². The van der Waals surface area contributed by atoms with Crippen LogP contribution in [0.2, 0.25) is 0 Å². The van der Waals surface area contributed by atoms with Crippen LogP contribution in [-0.4, -0.2) is 29.4 Å². The molecule has 0 spiro atoms. The van der Waals surface area contributed by atoms with Crippen LogP contribution in [0.3, 0.4) is 0 Å². The average molecular weight is 247 g/mol. The smallest absolute Gasteiger partial charge is 0.220 e. The second kappa shape index (κ2) is 6.00. The summed E-state index contributed by atoms with van der Waals surface area (Å²) in [6.45, 7) is 0.497. The molecular formula is C12H17N5O. The molecule has 1 unspecified atom stereocenters. The zero-order chi connectivity index (χ0) is 12.8. The van der Waals surface area contributed by atoms with Gasteiger partial charge in [0.1, 0.15) is 5.82 Å². The lowest BCUT2D eigenvalue weighted by Gasteiger charge is -2.21. The van der Waals surface area contributed by atoms with Gasteiger partial charge in [0.2, 0.25) is 5.91 Å². The first-order valence-corrected chi connectivity index (χ1v) is 6.01. The van der Waals surface area contributed by atoms with Crippen molar-refractivity contribution in [1.82, 2.24) is 10.3 Å². The summed E-state index contributed by atoms with van der Waals surface area (Å²) in [5.41, 5.74) is 5.74. The third kappa shape index (κ3) is 3.73. The van der Waals surface area contributed by atoms with Gasteiger partial charge in [0.15, 0.2) is 5.96 Å². The number of nitrogens with one attached hydrogen (secondary N) is 2. The van der Waals surface area contributed by atoms with E-state index in [0.29, 0.717) is 24.7 Å². The summed E-state index contributed by atoms with van der Waals surface area (Å²) in [5.74, 6) is 1.07. The van der Waals surface area contributed by atoms with Gasteiger partial charge in [-0.2, -0.15) is 0 Å². The molecule has 0 aromatic carbocycles. The highest BCUT2D eigenvalue weighted by Crippen LogP contribution is 2.08. The van der Waals surface area contributed by atoms with Crippen molar-refractivity contribution in [3.05, 3.63) is 24.4 Å². The van der Waals surface area contributed by atoms with Crippen LogP contribution in [0.4, 0.5) is 5.82 Å². The molecule has 1 aromatic rings. The molecule has 6 nitrogen and oxygen atoms in total. The molecule has 0 radical (unpaired) electrons. The Kier molecular flexibility index (Phi) is 4.11. The van der Waals surface area contributed by atoms with E-state index < -0.39 is 0 Å². The van der Waals surface area contributed by atoms with E-state index in [0.717, 1.165) is 12.8 Å². The Bertz CT molecular complexity index is 431. The second-order valence-electron chi connectivity index (χ2n) is 4.22. The molecule has 1 fully saturated rings. The summed E-state index contributed by atoms with van der Waals surface area (Å²) in [6, 6.07) is 5.60. The predicted molar refractivity (Wildman–Crippen MR) is 70.1 cm³/mol. The Balaban J connectivity index is 1.83. The van der Waals surface area contributed by atoms with E-state index in [1.165, 1.54) is 0 Å². The third-order valence-electron chi connectivity index (χ3n) is 2.72. The number of hydrogen-bond donors (Lipinski definition) is 3. The van der Waals surface area contributed by atoms with E-state index in [9.17, 15) is 4.79 Å². The zero-order valence-electron chi connectivity index (χ0n) is 10.1. The van der Waals surface area contributed by atoms with Crippen molar-refractivity contribution in [2.75, 3.05) is 11.9 Å². The van der Waals surface area contributed by atoms with Crippen molar-refractivity contribution >= 4 is 17.7 Å². The first-order valence-electron chi connectivity index (χ1n) is 6.01. The third-order valence-corrected chi connectivity index (χ3v) is 2.72. The number of piperidine rings is 1. The van der Waals surface area contributed by atoms with E-state index in [1.54, 1.807) is 6.20 Å². The Morgan fingerprint density at radius 1 is 1.61 bits per heavy atom. The maximum absolute atomic E-state index is 11.2. The zero-order valence-corrected chi connectivity index (χ0v) is 10.1. The number of carbonyl (C=O) groups is 1. The molecule has 6 heteroatoms. The number of anilines is 1. The Morgan fingerprint density at radius 2 is 2.50 bits per heavy atom. The largest absolute Gasteiger partial charge is 0.370 e. The fraction of sp³-hybridized carbons (Fsp3) is 0.417. The maximum atomic E-state index is 11.2. The maximum Gasteiger partial charge on any atom is 0.220 e. The molecule has 1 aromatic heterocycles. The molecule has 1 atom stereocenters. The molecule has 4 N–H and O–H groups in total. The average Bonchev–Trinajstić information content (AvgIpc) is 2.38. The molecule has 18 heavy (non-hydrogen) atoms. The summed E-state index contributed by atoms with van der Waals surface area (Å²) in [6.07, 6.45) is 4.16. The standard InChI is InChI=1S/C12H17N5O/c13-12(17-10-5-1-2-7-14-10)15-8-9-4-3-6-11(18)16-9/h1-2,5,7,9H,3-4,6,8H2,(H,16,18)(H3,13,14,15,17). The molecule has 0 aliphatic carbocycles. The Hall–Kier alpha value is -2.11. The fourth-order valence-corrected chi connectivity index (χ4v) is 1.83. The number of pyridine rings is 1. The van der Waals surface area contributed by atoms with Crippen molar-refractivity contribution < 1.29 is 4.79 Å². The minimum Gasteiger partial charge on any atom is -0.370 e. The van der Waals surface area contributed by atoms with Crippen LogP contribution < -0.4 is 16.4 Å². The number of nitrogens with two attached hydrogens (primary N) is 1. The lowest BCUT2D eigenvalue weighted by Crippen LogP contribution is -2.41. The van der Waals surface area contributed by atoms with Gasteiger partial charge in [0, 0.05) is 18.7 Å². The molecule has 1 amide bonds. The SMILES string of the molecule is NC(=NCC1CCCC(=O)N1)Nc1ccccn1. The van der Waals surface area contributed by atoms with Gasteiger partial charge in [-0.25, -0.2) is 4.98 Å². The van der Waals surface area contributed by atoms with Gasteiger partial charge >= 0.3 is 0 Å². The van der Waals surface area contributed by atoms with Gasteiger partial charge in [-0.3, -0.25) is 9.79 Å². The molecule has 96 valence electrons. The van der Waals surface area contributed by atoms with Crippen molar-refractivity contribution in [2.24, 2.45) is 10.7 Å². The number of rotatable bonds is 3. The van der Waals surface area contributed by atoms with Crippen LogP contribution in [0.25, 0.3) is 0 Å². The fourth-order valence-electron chi connectivity index (χ4n) is 1.83. The quantitative estimate of drug-likeness (QED) is 0.535. The Morgan fingerprint density at radius 3 is 3.22 bits per heavy atom. The molecule has 2 heterocycles. The number of aliphatic imine (C=N–C) groups is 1. The molecule has 2 rings (SSSR count). The number of guanidine groups is 1. The summed E-state index contributed by atoms with van der Waals surface area (Å²) in [5, 5.41) is 5.79. The van der Waals surface area contributed by atoms with Crippen LogP contribution >= 0.6 is 0 Å². The van der Waals surface area contributed by atoms with Crippen LogP contribution in [0.1, 0.15) is 19.3 Å². The highest BCUT2D eigenvalue weighted by Gasteiger charge is 2.17. The van der Waals surface area contributed by atoms with Crippen LogP contribution in [-0.2, 0) is 4.79 Å². The minimum atomic E-state index is 0.0929. The summed E-state index contributed by atoms with van der Waals surface area (Å²) >= 11 is 0. The van der Waals surface area contributed by atoms with Gasteiger partial charge in [0.25, 0.3) is 0 Å². The van der Waals surface area contributed by atoms with Crippen molar-refractivity contribution in [3.8, 4) is 0 Å². The highest BCUT2D eigenvalue weighted by atomic mass is 16.1. The lowest BCUT2D eigenvalue weighted by atomic mass is 10.0. The lowest BCUT2D eigenvalue weighted by molar-refractivity contribution is -0.123. The topological polar surface area (TPSA) is 92.4 Å². The minimum absolute atomic E-state index is 0.0929. The molecule has 1 aliphatic heterocycles. The number of hydrogen-bond acceptors (Lipinski definition) is 3. The van der Waals surface area contributed by atoms with Crippen LogP contribution in [0, 0.1) is 0 Å². The number of aromatic nitrogens is 1. The van der Waals surface area contributed by atoms with Crippen LogP contribution in [0.15, 0.2) is 29.4 Å². The van der Waals surface area contributed by atoms with Gasteiger partial charge < -0.3 is 16.4 Å².